The van der Waals surface area contributed by atoms with Crippen LogP contribution in [0.25, 0.3) is 0 Å². The summed E-state index contributed by atoms with van der Waals surface area (Å²) in [5.74, 6) is 0. The SMILES string of the molecule is CC(NCC1CN(C)CCO1)c1cc(Cl)ccc1Cl. The van der Waals surface area contributed by atoms with E-state index in [4.69, 9.17) is 27.9 Å². The lowest BCUT2D eigenvalue weighted by molar-refractivity contribution is -0.0190. The van der Waals surface area contributed by atoms with E-state index in [0.717, 1.165) is 36.8 Å². The zero-order valence-electron chi connectivity index (χ0n) is 11.3. The van der Waals surface area contributed by atoms with E-state index in [1.165, 1.54) is 0 Å². The zero-order valence-corrected chi connectivity index (χ0v) is 12.8. The Morgan fingerprint density at radius 1 is 1.47 bits per heavy atom. The van der Waals surface area contributed by atoms with E-state index in [2.05, 4.69) is 24.2 Å². The molecule has 1 N–H and O–H groups in total. The van der Waals surface area contributed by atoms with Crippen LogP contribution in [0.1, 0.15) is 18.5 Å². The van der Waals surface area contributed by atoms with Crippen LogP contribution in [0.2, 0.25) is 10.0 Å². The van der Waals surface area contributed by atoms with Gasteiger partial charge in [0.1, 0.15) is 0 Å². The number of halogens is 2. The Bertz CT molecular complexity index is 428. The Hall–Kier alpha value is -0.320. The second kappa shape index (κ2) is 6.91. The van der Waals surface area contributed by atoms with Gasteiger partial charge in [0.05, 0.1) is 12.7 Å². The van der Waals surface area contributed by atoms with Crippen molar-refractivity contribution < 1.29 is 4.74 Å². The molecule has 2 unspecified atom stereocenters. The van der Waals surface area contributed by atoms with Crippen LogP contribution < -0.4 is 5.32 Å². The third-order valence-corrected chi connectivity index (χ3v) is 4.00. The first kappa shape index (κ1) is 15.1. The summed E-state index contributed by atoms with van der Waals surface area (Å²) in [7, 11) is 2.12. The van der Waals surface area contributed by atoms with Crippen molar-refractivity contribution in [3.63, 3.8) is 0 Å². The lowest BCUT2D eigenvalue weighted by Crippen LogP contribution is -2.45. The highest BCUT2D eigenvalue weighted by Crippen LogP contribution is 2.26. The third kappa shape index (κ3) is 4.33. The summed E-state index contributed by atoms with van der Waals surface area (Å²) in [6.07, 6.45) is 0.235. The van der Waals surface area contributed by atoms with Crippen LogP contribution in [0.4, 0.5) is 0 Å². The van der Waals surface area contributed by atoms with Crippen LogP contribution in [-0.4, -0.2) is 44.3 Å². The van der Waals surface area contributed by atoms with Crippen LogP contribution in [0.5, 0.6) is 0 Å². The predicted molar refractivity (Wildman–Crippen MR) is 80.1 cm³/mol. The number of nitrogens with zero attached hydrogens (tertiary/aromatic N) is 1. The fraction of sp³-hybridized carbons (Fsp3) is 0.571. The van der Waals surface area contributed by atoms with Gasteiger partial charge < -0.3 is 15.0 Å². The van der Waals surface area contributed by atoms with Crippen LogP contribution in [0.3, 0.4) is 0 Å². The summed E-state index contributed by atoms with van der Waals surface area (Å²) in [6, 6.07) is 5.71. The van der Waals surface area contributed by atoms with Crippen molar-refractivity contribution >= 4 is 23.2 Å². The van der Waals surface area contributed by atoms with Crippen molar-refractivity contribution in [3.05, 3.63) is 33.8 Å². The van der Waals surface area contributed by atoms with Gasteiger partial charge >= 0.3 is 0 Å². The molecule has 19 heavy (non-hydrogen) atoms. The maximum atomic E-state index is 6.20. The van der Waals surface area contributed by atoms with Crippen molar-refractivity contribution in [1.29, 1.82) is 0 Å². The number of likely N-dealkylation sites (N-methyl/N-ethyl adjacent to an activating group) is 1. The van der Waals surface area contributed by atoms with E-state index in [0.29, 0.717) is 5.02 Å². The highest BCUT2D eigenvalue weighted by molar-refractivity contribution is 6.33. The molecule has 1 fully saturated rings. The normalized spacial score (nSPS) is 22.4. The van der Waals surface area contributed by atoms with Gasteiger partial charge in [0.25, 0.3) is 0 Å². The first-order chi connectivity index (χ1) is 9.06. The average molecular weight is 303 g/mol. The van der Waals surface area contributed by atoms with Crippen molar-refractivity contribution in [2.45, 2.75) is 19.1 Å². The van der Waals surface area contributed by atoms with Crippen LogP contribution in [-0.2, 0) is 4.74 Å². The molecule has 1 aromatic carbocycles. The molecule has 1 aliphatic heterocycles. The van der Waals surface area contributed by atoms with Gasteiger partial charge in [-0.15, -0.1) is 0 Å². The van der Waals surface area contributed by atoms with Gasteiger partial charge in [0, 0.05) is 35.7 Å². The standard InChI is InChI=1S/C14H20Cl2N2O/c1-10(13-7-11(15)3-4-14(13)16)17-8-12-9-18(2)5-6-19-12/h3-4,7,10,12,17H,5-6,8-9H2,1-2H3. The second-order valence-corrected chi connectivity index (χ2v) is 5.89. The molecule has 0 bridgehead atoms. The summed E-state index contributed by atoms with van der Waals surface area (Å²) in [5.41, 5.74) is 1.03. The van der Waals surface area contributed by atoms with E-state index >= 15 is 0 Å². The molecule has 1 saturated heterocycles. The van der Waals surface area contributed by atoms with E-state index in [9.17, 15) is 0 Å². The van der Waals surface area contributed by atoms with Crippen molar-refractivity contribution in [1.82, 2.24) is 10.2 Å². The molecule has 0 aliphatic carbocycles. The van der Waals surface area contributed by atoms with Crippen LogP contribution in [0, 0.1) is 0 Å². The van der Waals surface area contributed by atoms with Crippen molar-refractivity contribution in [3.8, 4) is 0 Å². The Morgan fingerprint density at radius 3 is 3.00 bits per heavy atom. The molecular formula is C14H20Cl2N2O. The predicted octanol–water partition coefficient (Wildman–Crippen LogP) is 2.97. The van der Waals surface area contributed by atoms with Gasteiger partial charge in [-0.05, 0) is 37.7 Å². The van der Waals surface area contributed by atoms with Gasteiger partial charge in [-0.1, -0.05) is 23.2 Å². The van der Waals surface area contributed by atoms with Crippen molar-refractivity contribution in [2.75, 3.05) is 33.3 Å². The third-order valence-electron chi connectivity index (χ3n) is 3.42. The molecule has 0 aromatic heterocycles. The quantitative estimate of drug-likeness (QED) is 0.925. The fourth-order valence-electron chi connectivity index (χ4n) is 2.25. The number of morpholine rings is 1. The second-order valence-electron chi connectivity index (χ2n) is 5.05. The van der Waals surface area contributed by atoms with Gasteiger partial charge in [-0.25, -0.2) is 0 Å². The lowest BCUT2D eigenvalue weighted by Gasteiger charge is -2.31. The Labute approximate surface area is 124 Å². The Kier molecular flexibility index (Phi) is 5.48. The molecule has 1 heterocycles. The first-order valence-corrected chi connectivity index (χ1v) is 7.30. The number of hydrogen-bond donors (Lipinski definition) is 1. The minimum absolute atomic E-state index is 0.155. The molecule has 0 spiro atoms. The number of benzene rings is 1. The Morgan fingerprint density at radius 2 is 2.26 bits per heavy atom. The molecule has 0 amide bonds. The summed E-state index contributed by atoms with van der Waals surface area (Å²) in [6.45, 7) is 5.67. The maximum Gasteiger partial charge on any atom is 0.0826 e. The molecular weight excluding hydrogens is 283 g/mol. The molecule has 0 saturated carbocycles. The summed E-state index contributed by atoms with van der Waals surface area (Å²) in [5, 5.41) is 4.91. The first-order valence-electron chi connectivity index (χ1n) is 6.54. The summed E-state index contributed by atoms with van der Waals surface area (Å²) >= 11 is 12.2. The van der Waals surface area contributed by atoms with E-state index in [1.54, 1.807) is 6.07 Å². The number of hydrogen-bond acceptors (Lipinski definition) is 3. The van der Waals surface area contributed by atoms with Crippen LogP contribution in [0.15, 0.2) is 18.2 Å². The monoisotopic (exact) mass is 302 g/mol. The molecule has 1 aromatic rings. The van der Waals surface area contributed by atoms with Gasteiger partial charge in [-0.3, -0.25) is 0 Å². The van der Waals surface area contributed by atoms with Gasteiger partial charge in [0.2, 0.25) is 0 Å². The fourth-order valence-corrected chi connectivity index (χ4v) is 2.72. The lowest BCUT2D eigenvalue weighted by atomic mass is 10.1. The smallest absolute Gasteiger partial charge is 0.0826 e. The number of rotatable bonds is 4. The van der Waals surface area contributed by atoms with Crippen molar-refractivity contribution in [2.24, 2.45) is 0 Å². The molecule has 1 aliphatic rings. The van der Waals surface area contributed by atoms with Gasteiger partial charge in [-0.2, -0.15) is 0 Å². The largest absolute Gasteiger partial charge is 0.374 e. The minimum Gasteiger partial charge on any atom is -0.374 e. The summed E-state index contributed by atoms with van der Waals surface area (Å²) in [4.78, 5) is 2.28. The molecule has 2 rings (SSSR count). The average Bonchev–Trinajstić information content (AvgIpc) is 2.39. The topological polar surface area (TPSA) is 24.5 Å². The number of ether oxygens (including phenoxy) is 1. The molecule has 106 valence electrons. The van der Waals surface area contributed by atoms with E-state index in [1.807, 2.05) is 12.1 Å². The molecule has 2 atom stereocenters. The molecule has 5 heteroatoms. The van der Waals surface area contributed by atoms with E-state index < -0.39 is 0 Å². The Balaban J connectivity index is 1.90. The molecule has 3 nitrogen and oxygen atoms in total. The highest BCUT2D eigenvalue weighted by atomic mass is 35.5. The van der Waals surface area contributed by atoms with Gasteiger partial charge in [0.15, 0.2) is 0 Å². The highest BCUT2D eigenvalue weighted by Gasteiger charge is 2.19. The number of nitrogens with one attached hydrogen (secondary N) is 1. The summed E-state index contributed by atoms with van der Waals surface area (Å²) < 4.78 is 5.73. The zero-order chi connectivity index (χ0) is 13.8. The van der Waals surface area contributed by atoms with E-state index in [-0.39, 0.29) is 12.1 Å². The molecule has 0 radical (unpaired) electrons. The van der Waals surface area contributed by atoms with Crippen LogP contribution >= 0.6 is 23.2 Å². The maximum absolute atomic E-state index is 6.20. The minimum atomic E-state index is 0.155.